The molecule has 0 bridgehead atoms. The van der Waals surface area contributed by atoms with Crippen LogP contribution in [0.1, 0.15) is 37.7 Å². The molecule has 8 heteroatoms. The molecule has 2 amide bonds. The lowest BCUT2D eigenvalue weighted by molar-refractivity contribution is -0.125. The van der Waals surface area contributed by atoms with Crippen LogP contribution in [-0.4, -0.2) is 23.5 Å². The van der Waals surface area contributed by atoms with E-state index in [0.717, 1.165) is 35.7 Å². The Hall–Kier alpha value is -1.67. The Labute approximate surface area is 161 Å². The van der Waals surface area contributed by atoms with E-state index in [1.165, 1.54) is 6.42 Å². The van der Waals surface area contributed by atoms with E-state index in [0.29, 0.717) is 5.75 Å². The first-order chi connectivity index (χ1) is 12.0. The van der Waals surface area contributed by atoms with Crippen LogP contribution in [-0.2, 0) is 9.59 Å². The molecule has 0 atom stereocenters. The van der Waals surface area contributed by atoms with Crippen molar-refractivity contribution in [3.63, 3.8) is 0 Å². The van der Waals surface area contributed by atoms with Crippen molar-refractivity contribution < 1.29 is 14.3 Å². The minimum Gasteiger partial charge on any atom is -0.484 e. The van der Waals surface area contributed by atoms with Gasteiger partial charge in [0.05, 0.1) is 0 Å². The molecule has 1 saturated carbocycles. The second-order valence-corrected chi connectivity index (χ2v) is 7.29. The van der Waals surface area contributed by atoms with Crippen LogP contribution in [0.3, 0.4) is 0 Å². The lowest BCUT2D eigenvalue weighted by Gasteiger charge is -2.21. The van der Waals surface area contributed by atoms with Gasteiger partial charge in [-0.05, 0) is 55.7 Å². The first-order valence-corrected chi connectivity index (χ1v) is 9.44. The molecule has 0 aliphatic heterocycles. The van der Waals surface area contributed by atoms with Crippen LogP contribution in [0.4, 0.5) is 0 Å². The maximum atomic E-state index is 12.0. The van der Waals surface area contributed by atoms with Gasteiger partial charge in [0.25, 0.3) is 5.91 Å². The van der Waals surface area contributed by atoms with Gasteiger partial charge in [0.1, 0.15) is 5.75 Å². The Morgan fingerprint density at radius 3 is 2.64 bits per heavy atom. The van der Waals surface area contributed by atoms with Gasteiger partial charge >= 0.3 is 0 Å². The summed E-state index contributed by atoms with van der Waals surface area (Å²) in [6.07, 6.45) is 5.10. The third-order valence-electron chi connectivity index (χ3n) is 4.03. The van der Waals surface area contributed by atoms with Gasteiger partial charge in [-0.1, -0.05) is 35.2 Å². The molecule has 6 nitrogen and oxygen atoms in total. The minimum absolute atomic E-state index is 0.00757. The van der Waals surface area contributed by atoms with E-state index in [-0.39, 0.29) is 23.5 Å². The number of carbonyl (C=O) groups excluding carboxylic acids is 2. The van der Waals surface area contributed by atoms with Gasteiger partial charge in [-0.2, -0.15) is 0 Å². The fourth-order valence-electron chi connectivity index (χ4n) is 2.63. The molecule has 1 aliphatic rings. The van der Waals surface area contributed by atoms with Crippen molar-refractivity contribution in [2.75, 3.05) is 6.61 Å². The molecular weight excluding hydrogens is 406 g/mol. The summed E-state index contributed by atoms with van der Waals surface area (Å²) in [7, 11) is 0. The summed E-state index contributed by atoms with van der Waals surface area (Å²) >= 11 is 8.43. The Balaban J connectivity index is 1.67. The van der Waals surface area contributed by atoms with Crippen molar-refractivity contribution in [1.82, 2.24) is 16.2 Å². The maximum Gasteiger partial charge on any atom is 0.276 e. The molecule has 2 rings (SSSR count). The van der Waals surface area contributed by atoms with Crippen LogP contribution in [0.5, 0.6) is 5.75 Å². The number of thiocarbonyl (C=S) groups is 1. The number of carbonyl (C=O) groups is 2. The van der Waals surface area contributed by atoms with Crippen molar-refractivity contribution in [3.05, 3.63) is 28.2 Å². The molecule has 3 N–H and O–H groups in total. The summed E-state index contributed by atoms with van der Waals surface area (Å²) in [5, 5.41) is 2.70. The smallest absolute Gasteiger partial charge is 0.276 e. The summed E-state index contributed by atoms with van der Waals surface area (Å²) in [6, 6.07) is 5.46. The topological polar surface area (TPSA) is 79.5 Å². The monoisotopic (exact) mass is 427 g/mol. The van der Waals surface area contributed by atoms with Crippen LogP contribution >= 0.6 is 28.1 Å². The molecule has 0 saturated heterocycles. The van der Waals surface area contributed by atoms with Crippen LogP contribution in [0.2, 0.25) is 0 Å². The van der Waals surface area contributed by atoms with Crippen LogP contribution in [0.15, 0.2) is 22.7 Å². The SMILES string of the molecule is Cc1cc(OCC(=O)NNC(=S)NC(=O)C2CCCCC2)ccc1Br. The predicted octanol–water partition coefficient (Wildman–Crippen LogP) is 2.74. The number of hydrogen-bond donors (Lipinski definition) is 3. The molecule has 0 heterocycles. The number of ether oxygens (including phenoxy) is 1. The van der Waals surface area contributed by atoms with E-state index in [4.69, 9.17) is 17.0 Å². The van der Waals surface area contributed by atoms with E-state index >= 15 is 0 Å². The lowest BCUT2D eigenvalue weighted by Crippen LogP contribution is -2.50. The number of nitrogens with one attached hydrogen (secondary N) is 3. The van der Waals surface area contributed by atoms with Crippen molar-refractivity contribution in [2.45, 2.75) is 39.0 Å². The zero-order valence-electron chi connectivity index (χ0n) is 14.1. The van der Waals surface area contributed by atoms with Gasteiger partial charge in [0.15, 0.2) is 11.7 Å². The summed E-state index contributed by atoms with van der Waals surface area (Å²) in [5.41, 5.74) is 5.95. The summed E-state index contributed by atoms with van der Waals surface area (Å²) in [6.45, 7) is 1.78. The van der Waals surface area contributed by atoms with Gasteiger partial charge in [0.2, 0.25) is 5.91 Å². The van der Waals surface area contributed by atoms with Crippen LogP contribution < -0.4 is 20.9 Å². The van der Waals surface area contributed by atoms with E-state index in [1.807, 2.05) is 19.1 Å². The minimum atomic E-state index is -0.394. The van der Waals surface area contributed by atoms with E-state index < -0.39 is 5.91 Å². The zero-order chi connectivity index (χ0) is 18.2. The van der Waals surface area contributed by atoms with Crippen molar-refractivity contribution in [2.24, 2.45) is 5.92 Å². The molecule has 1 aromatic carbocycles. The highest BCUT2D eigenvalue weighted by Gasteiger charge is 2.21. The number of hydrogen-bond acceptors (Lipinski definition) is 4. The summed E-state index contributed by atoms with van der Waals surface area (Å²) in [4.78, 5) is 23.8. The number of aryl methyl sites for hydroxylation is 1. The zero-order valence-corrected chi connectivity index (χ0v) is 16.5. The largest absolute Gasteiger partial charge is 0.484 e. The maximum absolute atomic E-state index is 12.0. The predicted molar refractivity (Wildman–Crippen MR) is 103 cm³/mol. The molecule has 1 aliphatic carbocycles. The molecule has 1 aromatic rings. The van der Waals surface area contributed by atoms with E-state index in [9.17, 15) is 9.59 Å². The summed E-state index contributed by atoms with van der Waals surface area (Å²) < 4.78 is 6.39. The molecule has 0 spiro atoms. The highest BCUT2D eigenvalue weighted by molar-refractivity contribution is 9.10. The molecule has 0 unspecified atom stereocenters. The molecule has 136 valence electrons. The van der Waals surface area contributed by atoms with Crippen molar-refractivity contribution in [3.8, 4) is 5.75 Å². The molecule has 0 aromatic heterocycles. The van der Waals surface area contributed by atoms with Gasteiger partial charge in [-0.25, -0.2) is 0 Å². The second kappa shape index (κ2) is 9.72. The first-order valence-electron chi connectivity index (χ1n) is 8.24. The average Bonchev–Trinajstić information content (AvgIpc) is 2.61. The quantitative estimate of drug-likeness (QED) is 0.508. The molecule has 0 radical (unpaired) electrons. The number of amides is 2. The Bertz CT molecular complexity index is 648. The van der Waals surface area contributed by atoms with Gasteiger partial charge in [0, 0.05) is 10.4 Å². The molecular formula is C17H22BrN3O3S. The van der Waals surface area contributed by atoms with Crippen LogP contribution in [0, 0.1) is 12.8 Å². The normalized spacial score (nSPS) is 14.5. The number of benzene rings is 1. The van der Waals surface area contributed by atoms with Crippen LogP contribution in [0.25, 0.3) is 0 Å². The van der Waals surface area contributed by atoms with Gasteiger partial charge < -0.3 is 10.1 Å². The van der Waals surface area contributed by atoms with Crippen molar-refractivity contribution >= 4 is 45.1 Å². The fraction of sp³-hybridized carbons (Fsp3) is 0.471. The Kier molecular flexibility index (Phi) is 7.64. The Morgan fingerprint density at radius 1 is 1.24 bits per heavy atom. The second-order valence-electron chi connectivity index (χ2n) is 6.03. The number of hydrazine groups is 1. The lowest BCUT2D eigenvalue weighted by atomic mass is 9.89. The van der Waals surface area contributed by atoms with E-state index in [2.05, 4.69) is 32.1 Å². The number of halogens is 1. The van der Waals surface area contributed by atoms with Gasteiger partial charge in [-0.15, -0.1) is 0 Å². The highest BCUT2D eigenvalue weighted by atomic mass is 79.9. The number of rotatable bonds is 4. The highest BCUT2D eigenvalue weighted by Crippen LogP contribution is 2.23. The Morgan fingerprint density at radius 2 is 1.96 bits per heavy atom. The standard InChI is InChI=1S/C17H22BrN3O3S/c1-11-9-13(7-8-14(11)18)24-10-15(22)20-21-17(25)19-16(23)12-5-3-2-4-6-12/h7-9,12H,2-6,10H2,1H3,(H,20,22)(H2,19,21,23,25). The first kappa shape index (κ1) is 19.7. The summed E-state index contributed by atoms with van der Waals surface area (Å²) in [5.74, 6) is 0.125. The fourth-order valence-corrected chi connectivity index (χ4v) is 3.03. The van der Waals surface area contributed by atoms with Gasteiger partial charge in [-0.3, -0.25) is 20.4 Å². The van der Waals surface area contributed by atoms with E-state index in [1.54, 1.807) is 6.07 Å². The average molecular weight is 428 g/mol. The molecule has 25 heavy (non-hydrogen) atoms. The third kappa shape index (κ3) is 6.62. The third-order valence-corrected chi connectivity index (χ3v) is 5.12. The van der Waals surface area contributed by atoms with Crippen molar-refractivity contribution in [1.29, 1.82) is 0 Å². The molecule has 1 fully saturated rings.